The maximum Gasteiger partial charge on any atom is 0.112 e. The topological polar surface area (TPSA) is 43.8 Å². The molecule has 3 heteroatoms. The first-order valence-electron chi connectivity index (χ1n) is 6.17. The van der Waals surface area contributed by atoms with Crippen LogP contribution in [0.5, 0.6) is 0 Å². The lowest BCUT2D eigenvalue weighted by molar-refractivity contribution is 0.463. The molecule has 2 N–H and O–H groups in total. The summed E-state index contributed by atoms with van der Waals surface area (Å²) in [5, 5.41) is 0. The summed E-state index contributed by atoms with van der Waals surface area (Å²) < 4.78 is 2.28. The second-order valence-corrected chi connectivity index (χ2v) is 4.85. The Morgan fingerprint density at radius 2 is 2.29 bits per heavy atom. The Morgan fingerprint density at radius 3 is 3.06 bits per heavy atom. The highest BCUT2D eigenvalue weighted by Gasteiger charge is 2.19. The fourth-order valence-corrected chi connectivity index (χ4v) is 2.54. The molecular weight excluding hydrogens is 210 g/mol. The first-order valence-corrected chi connectivity index (χ1v) is 6.17. The highest BCUT2D eigenvalue weighted by molar-refractivity contribution is 5.63. The first-order chi connectivity index (χ1) is 8.24. The predicted molar refractivity (Wildman–Crippen MR) is 69.7 cm³/mol. The third kappa shape index (κ3) is 1.82. The monoisotopic (exact) mass is 227 g/mol. The molecule has 3 nitrogen and oxygen atoms in total. The Bertz CT molecular complexity index is 542. The van der Waals surface area contributed by atoms with E-state index < -0.39 is 0 Å². The number of benzene rings is 1. The summed E-state index contributed by atoms with van der Waals surface area (Å²) in [6.45, 7) is 3.34. The molecule has 17 heavy (non-hydrogen) atoms. The molecule has 0 amide bonds. The van der Waals surface area contributed by atoms with Crippen molar-refractivity contribution in [2.24, 2.45) is 0 Å². The lowest BCUT2D eigenvalue weighted by atomic mass is 10.0. The van der Waals surface area contributed by atoms with Crippen molar-refractivity contribution in [1.82, 2.24) is 9.55 Å². The first kappa shape index (κ1) is 10.4. The number of nitrogens with two attached hydrogens (primary N) is 1. The Labute approximate surface area is 101 Å². The van der Waals surface area contributed by atoms with Gasteiger partial charge >= 0.3 is 0 Å². The van der Waals surface area contributed by atoms with E-state index >= 15 is 0 Å². The molecule has 0 spiro atoms. The molecule has 0 fully saturated rings. The van der Waals surface area contributed by atoms with E-state index in [1.54, 1.807) is 0 Å². The quantitative estimate of drug-likeness (QED) is 0.761. The minimum atomic E-state index is 0.568. The van der Waals surface area contributed by atoms with Gasteiger partial charge in [-0.1, -0.05) is 19.1 Å². The van der Waals surface area contributed by atoms with Gasteiger partial charge in [-0.25, -0.2) is 4.98 Å². The van der Waals surface area contributed by atoms with Crippen molar-refractivity contribution in [3.8, 4) is 11.3 Å². The highest BCUT2D eigenvalue weighted by atomic mass is 15.1. The van der Waals surface area contributed by atoms with Crippen LogP contribution in [0, 0.1) is 0 Å². The molecule has 2 heterocycles. The molecule has 88 valence electrons. The molecule has 0 aliphatic carbocycles. The van der Waals surface area contributed by atoms with Crippen molar-refractivity contribution >= 4 is 5.69 Å². The Kier molecular flexibility index (Phi) is 2.39. The number of nitrogens with zero attached hydrogens (tertiary/aromatic N) is 2. The van der Waals surface area contributed by atoms with Gasteiger partial charge in [-0.05, 0) is 25.0 Å². The molecule has 1 aromatic carbocycles. The van der Waals surface area contributed by atoms with Crippen LogP contribution in [0.25, 0.3) is 11.3 Å². The van der Waals surface area contributed by atoms with E-state index in [0.29, 0.717) is 5.92 Å². The van der Waals surface area contributed by atoms with Gasteiger partial charge in [-0.2, -0.15) is 0 Å². The van der Waals surface area contributed by atoms with Gasteiger partial charge in [0.2, 0.25) is 0 Å². The minimum Gasteiger partial charge on any atom is -0.399 e. The van der Waals surface area contributed by atoms with Crippen LogP contribution in [-0.4, -0.2) is 9.55 Å². The van der Waals surface area contributed by atoms with E-state index in [1.807, 2.05) is 18.2 Å². The van der Waals surface area contributed by atoms with Crippen LogP contribution in [0.3, 0.4) is 0 Å². The maximum atomic E-state index is 5.81. The molecule has 3 rings (SSSR count). The molecule has 0 bridgehead atoms. The van der Waals surface area contributed by atoms with Crippen molar-refractivity contribution in [1.29, 1.82) is 0 Å². The molecule has 1 aromatic heterocycles. The number of aromatic nitrogens is 2. The summed E-state index contributed by atoms with van der Waals surface area (Å²) in [4.78, 5) is 4.75. The summed E-state index contributed by atoms with van der Waals surface area (Å²) in [7, 11) is 0. The zero-order valence-electron chi connectivity index (χ0n) is 10.1. The van der Waals surface area contributed by atoms with Gasteiger partial charge in [-0.15, -0.1) is 0 Å². The lowest BCUT2D eigenvalue weighted by Crippen LogP contribution is -2.12. The van der Waals surface area contributed by atoms with Crippen LogP contribution in [0.15, 0.2) is 30.5 Å². The average molecular weight is 227 g/mol. The molecule has 2 aromatic rings. The third-order valence-corrected chi connectivity index (χ3v) is 3.47. The molecule has 1 aliphatic rings. The zero-order valence-corrected chi connectivity index (χ0v) is 10.1. The molecule has 0 unspecified atom stereocenters. The van der Waals surface area contributed by atoms with E-state index in [2.05, 4.69) is 23.8 Å². The summed E-state index contributed by atoms with van der Waals surface area (Å²) in [5.74, 6) is 1.78. The number of aryl methyl sites for hydroxylation is 1. The summed E-state index contributed by atoms with van der Waals surface area (Å²) in [6.07, 6.45) is 4.65. The number of nitrogen functional groups attached to an aromatic ring is 1. The minimum absolute atomic E-state index is 0.568. The third-order valence-electron chi connectivity index (χ3n) is 3.47. The van der Waals surface area contributed by atoms with E-state index in [4.69, 9.17) is 10.7 Å². The van der Waals surface area contributed by atoms with Crippen LogP contribution in [-0.2, 0) is 6.54 Å². The molecule has 0 radical (unpaired) electrons. The van der Waals surface area contributed by atoms with Gasteiger partial charge in [0.15, 0.2) is 0 Å². The second-order valence-electron chi connectivity index (χ2n) is 4.85. The van der Waals surface area contributed by atoms with Gasteiger partial charge in [0.25, 0.3) is 0 Å². The van der Waals surface area contributed by atoms with Gasteiger partial charge in [0.1, 0.15) is 5.82 Å². The number of fused-ring (bicyclic) bond motifs is 1. The number of hydrogen-bond donors (Lipinski definition) is 1. The average Bonchev–Trinajstić information content (AvgIpc) is 2.74. The van der Waals surface area contributed by atoms with E-state index in [9.17, 15) is 0 Å². The molecule has 0 saturated heterocycles. The second kappa shape index (κ2) is 3.91. The van der Waals surface area contributed by atoms with Gasteiger partial charge in [0.05, 0.1) is 5.69 Å². The zero-order chi connectivity index (χ0) is 11.8. The van der Waals surface area contributed by atoms with Crippen LogP contribution in [0.4, 0.5) is 5.69 Å². The van der Waals surface area contributed by atoms with Gasteiger partial charge in [-0.3, -0.25) is 0 Å². The maximum absolute atomic E-state index is 5.81. The molecule has 0 saturated carbocycles. The van der Waals surface area contributed by atoms with Crippen LogP contribution in [0.2, 0.25) is 0 Å². The van der Waals surface area contributed by atoms with Crippen molar-refractivity contribution < 1.29 is 0 Å². The number of hydrogen-bond acceptors (Lipinski definition) is 2. The van der Waals surface area contributed by atoms with E-state index in [1.165, 1.54) is 18.7 Å². The number of imidazole rings is 1. The normalized spacial score (nSPS) is 19.0. The SMILES string of the molecule is C[C@@H]1CCCn2cc(-c3cccc(N)c3)nc21. The van der Waals surface area contributed by atoms with Gasteiger partial charge < -0.3 is 10.3 Å². The van der Waals surface area contributed by atoms with Crippen molar-refractivity contribution in [3.05, 3.63) is 36.3 Å². The molecule has 1 aliphatic heterocycles. The van der Waals surface area contributed by atoms with Crippen molar-refractivity contribution in [2.45, 2.75) is 32.2 Å². The fourth-order valence-electron chi connectivity index (χ4n) is 2.54. The van der Waals surface area contributed by atoms with Crippen LogP contribution >= 0.6 is 0 Å². The standard InChI is InChI=1S/C14H17N3/c1-10-4-3-7-17-9-13(16-14(10)17)11-5-2-6-12(15)8-11/h2,5-6,8-10H,3-4,7,15H2,1H3/t10-/m1/s1. The fraction of sp³-hybridized carbons (Fsp3) is 0.357. The lowest BCUT2D eigenvalue weighted by Gasteiger charge is -2.19. The highest BCUT2D eigenvalue weighted by Crippen LogP contribution is 2.29. The van der Waals surface area contributed by atoms with E-state index in [0.717, 1.165) is 23.5 Å². The Hall–Kier alpha value is -1.77. The van der Waals surface area contributed by atoms with Crippen molar-refractivity contribution in [3.63, 3.8) is 0 Å². The Morgan fingerprint density at radius 1 is 1.41 bits per heavy atom. The van der Waals surface area contributed by atoms with Crippen molar-refractivity contribution in [2.75, 3.05) is 5.73 Å². The molecule has 1 atom stereocenters. The largest absolute Gasteiger partial charge is 0.399 e. The van der Waals surface area contributed by atoms with Gasteiger partial charge in [0, 0.05) is 29.9 Å². The summed E-state index contributed by atoms with van der Waals surface area (Å²) in [5.41, 5.74) is 8.76. The van der Waals surface area contributed by atoms with E-state index in [-0.39, 0.29) is 0 Å². The number of rotatable bonds is 1. The Balaban J connectivity index is 2.05. The molecular formula is C14H17N3. The van der Waals surface area contributed by atoms with Crippen LogP contribution in [0.1, 0.15) is 31.5 Å². The summed E-state index contributed by atoms with van der Waals surface area (Å²) >= 11 is 0. The number of anilines is 1. The smallest absolute Gasteiger partial charge is 0.112 e. The van der Waals surface area contributed by atoms with Crippen LogP contribution < -0.4 is 5.73 Å². The predicted octanol–water partition coefficient (Wildman–Crippen LogP) is 3.03. The summed E-state index contributed by atoms with van der Waals surface area (Å²) in [6, 6.07) is 7.93.